The Balaban J connectivity index is 2.12. The molecule has 0 saturated carbocycles. The molecule has 2 aromatic rings. The van der Waals surface area contributed by atoms with Crippen molar-refractivity contribution in [1.82, 2.24) is 9.88 Å². The highest BCUT2D eigenvalue weighted by Gasteiger charge is 2.44. The molecule has 0 spiro atoms. The van der Waals surface area contributed by atoms with Gasteiger partial charge in [0, 0.05) is 43.1 Å². The first-order chi connectivity index (χ1) is 14.3. The number of amides is 1. The van der Waals surface area contributed by atoms with Crippen LogP contribution in [-0.4, -0.2) is 53.7 Å². The van der Waals surface area contributed by atoms with Crippen LogP contribution in [0.2, 0.25) is 0 Å². The van der Waals surface area contributed by atoms with Crippen LogP contribution in [0.4, 0.5) is 5.69 Å². The van der Waals surface area contributed by atoms with Gasteiger partial charge in [-0.15, -0.1) is 0 Å². The normalized spacial score (nSPS) is 18.2. The molecule has 2 heterocycles. The monoisotopic (exact) mass is 410 g/mol. The molecule has 0 radical (unpaired) electrons. The van der Waals surface area contributed by atoms with E-state index >= 15 is 0 Å². The van der Waals surface area contributed by atoms with Crippen LogP contribution < -0.4 is 10.0 Å². The van der Waals surface area contributed by atoms with Crippen LogP contribution in [-0.2, 0) is 9.59 Å². The second kappa shape index (κ2) is 8.83. The molecule has 1 aliphatic rings. The molecule has 1 amide bonds. The van der Waals surface area contributed by atoms with Crippen molar-refractivity contribution in [3.63, 3.8) is 0 Å². The second-order valence-electron chi connectivity index (χ2n) is 7.37. The zero-order chi connectivity index (χ0) is 21.8. The Morgan fingerprint density at radius 3 is 2.53 bits per heavy atom. The van der Waals surface area contributed by atoms with Crippen molar-refractivity contribution >= 4 is 23.1 Å². The molecule has 3 rings (SSSR count). The highest BCUT2D eigenvalue weighted by atomic mass is 16.6. The van der Waals surface area contributed by atoms with Crippen molar-refractivity contribution in [2.75, 3.05) is 27.2 Å². The van der Waals surface area contributed by atoms with Gasteiger partial charge in [0.15, 0.2) is 0 Å². The van der Waals surface area contributed by atoms with Crippen LogP contribution in [0.5, 0.6) is 0 Å². The van der Waals surface area contributed by atoms with Crippen LogP contribution >= 0.6 is 0 Å². The van der Waals surface area contributed by atoms with Gasteiger partial charge in [-0.2, -0.15) is 0 Å². The second-order valence-corrected chi connectivity index (χ2v) is 7.37. The summed E-state index contributed by atoms with van der Waals surface area (Å²) in [5.74, 6) is -2.21. The number of ketones is 1. The van der Waals surface area contributed by atoms with E-state index in [1.807, 2.05) is 14.1 Å². The number of carbonyl (C=O) groups is 2. The zero-order valence-electron chi connectivity index (χ0n) is 16.7. The van der Waals surface area contributed by atoms with Crippen LogP contribution in [0.15, 0.2) is 54.4 Å². The van der Waals surface area contributed by atoms with Gasteiger partial charge in [0.1, 0.15) is 0 Å². The third-order valence-corrected chi connectivity index (χ3v) is 4.94. The molecular weight excluding hydrogens is 388 g/mol. The molecule has 30 heavy (non-hydrogen) atoms. The summed E-state index contributed by atoms with van der Waals surface area (Å²) in [6.07, 6.45) is 3.47. The summed E-state index contributed by atoms with van der Waals surface area (Å²) in [5.41, 5.74) is 0.228. The largest absolute Gasteiger partial charge is 0.872 e. The number of nitro groups is 1. The lowest BCUT2D eigenvalue weighted by Crippen LogP contribution is -3.05. The molecule has 1 aliphatic heterocycles. The number of hydrogen-bond donors (Lipinski definition) is 1. The number of benzene rings is 1. The van der Waals surface area contributed by atoms with Crippen molar-refractivity contribution in [2.45, 2.75) is 12.5 Å². The van der Waals surface area contributed by atoms with E-state index in [9.17, 15) is 24.8 Å². The van der Waals surface area contributed by atoms with Crippen LogP contribution in [0, 0.1) is 10.1 Å². The minimum absolute atomic E-state index is 0.173. The van der Waals surface area contributed by atoms with Crippen LogP contribution in [0.25, 0.3) is 5.76 Å². The molecule has 1 fully saturated rings. The topological polar surface area (TPSA) is 121 Å². The molecular formula is C21H22N4O5. The van der Waals surface area contributed by atoms with E-state index in [1.54, 1.807) is 6.07 Å². The summed E-state index contributed by atoms with van der Waals surface area (Å²) < 4.78 is 0. The Bertz CT molecular complexity index is 1000. The van der Waals surface area contributed by atoms with Gasteiger partial charge in [0.25, 0.3) is 11.6 Å². The quantitative estimate of drug-likeness (QED) is 0.221. The first-order valence-corrected chi connectivity index (χ1v) is 9.51. The number of hydrogen-bond acceptors (Lipinski definition) is 6. The van der Waals surface area contributed by atoms with E-state index in [0.717, 1.165) is 6.54 Å². The standard InChI is InChI=1S/C21H22N4O5/c1-23(2)11-4-12-24-18(15-5-3-6-16(13-15)25(29)30)17(20(27)21(24)28)19(26)14-7-9-22-10-8-14/h3,5-10,13,18,26H,4,11-12H2,1-2H3. The van der Waals surface area contributed by atoms with Crippen LogP contribution in [0.3, 0.4) is 0 Å². The number of nitrogens with one attached hydrogen (secondary N) is 1. The molecule has 9 heteroatoms. The summed E-state index contributed by atoms with van der Waals surface area (Å²) in [6.45, 7) is 1.02. The lowest BCUT2D eigenvalue weighted by Gasteiger charge is -2.27. The van der Waals surface area contributed by atoms with E-state index < -0.39 is 28.4 Å². The maximum absolute atomic E-state index is 13.1. The van der Waals surface area contributed by atoms with E-state index in [2.05, 4.69) is 4.98 Å². The molecule has 156 valence electrons. The molecule has 1 aromatic carbocycles. The fourth-order valence-corrected chi connectivity index (χ4v) is 3.52. The zero-order valence-corrected chi connectivity index (χ0v) is 16.7. The van der Waals surface area contributed by atoms with Crippen molar-refractivity contribution in [1.29, 1.82) is 0 Å². The average Bonchev–Trinajstić information content (AvgIpc) is 2.98. The Hall–Kier alpha value is -3.59. The fraction of sp³-hybridized carbons (Fsp3) is 0.286. The molecule has 0 aliphatic carbocycles. The maximum Gasteiger partial charge on any atom is 0.295 e. The molecule has 1 N–H and O–H groups in total. The Labute approximate surface area is 173 Å². The van der Waals surface area contributed by atoms with E-state index in [-0.39, 0.29) is 23.4 Å². The summed E-state index contributed by atoms with van der Waals surface area (Å²) in [6, 6.07) is 7.67. The Morgan fingerprint density at radius 2 is 1.90 bits per heavy atom. The van der Waals surface area contributed by atoms with Crippen molar-refractivity contribution in [3.8, 4) is 0 Å². The lowest BCUT2D eigenvalue weighted by atomic mass is 9.95. The van der Waals surface area contributed by atoms with E-state index in [4.69, 9.17) is 0 Å². The minimum atomic E-state index is -0.970. The summed E-state index contributed by atoms with van der Waals surface area (Å²) in [7, 11) is 3.94. The predicted molar refractivity (Wildman–Crippen MR) is 106 cm³/mol. The highest BCUT2D eigenvalue weighted by Crippen LogP contribution is 2.39. The van der Waals surface area contributed by atoms with Gasteiger partial charge in [-0.1, -0.05) is 17.9 Å². The smallest absolute Gasteiger partial charge is 0.295 e. The Morgan fingerprint density at radius 1 is 1.20 bits per heavy atom. The number of pyridine rings is 1. The number of likely N-dealkylation sites (tertiary alicyclic amines) is 1. The highest BCUT2D eigenvalue weighted by molar-refractivity contribution is 6.46. The number of Topliss-reactive ketones (excluding diaryl/α,β-unsaturated/α-hetero) is 1. The van der Waals surface area contributed by atoms with Gasteiger partial charge >= 0.3 is 0 Å². The third-order valence-electron chi connectivity index (χ3n) is 4.94. The van der Waals surface area contributed by atoms with E-state index in [1.165, 1.54) is 52.5 Å². The van der Waals surface area contributed by atoms with Crippen molar-refractivity contribution in [3.05, 3.63) is 75.6 Å². The third kappa shape index (κ3) is 4.20. The fourth-order valence-electron chi connectivity index (χ4n) is 3.52. The minimum Gasteiger partial charge on any atom is -0.872 e. The SMILES string of the molecule is C[NH+](C)CCCN1C(=O)C(=O)C(=C([O-])c2ccncc2)C1c1cccc([N+](=O)[O-])c1. The van der Waals surface area contributed by atoms with E-state index in [0.29, 0.717) is 12.0 Å². The number of carbonyl (C=O) groups excluding carboxylic acids is 2. The number of quaternary nitrogens is 1. The number of nitro benzene ring substituents is 1. The number of aromatic nitrogens is 1. The number of rotatable bonds is 7. The van der Waals surface area contributed by atoms with Crippen molar-refractivity contribution < 1.29 is 24.5 Å². The molecule has 1 unspecified atom stereocenters. The average molecular weight is 410 g/mol. The molecule has 0 bridgehead atoms. The number of nitrogens with zero attached hydrogens (tertiary/aromatic N) is 3. The van der Waals surface area contributed by atoms with Crippen molar-refractivity contribution in [2.24, 2.45) is 0 Å². The number of non-ortho nitro benzene ring substituents is 1. The molecule has 1 aromatic heterocycles. The van der Waals surface area contributed by atoms with Gasteiger partial charge in [-0.3, -0.25) is 24.7 Å². The maximum atomic E-state index is 13.1. The molecule has 1 atom stereocenters. The summed E-state index contributed by atoms with van der Waals surface area (Å²) in [4.78, 5) is 42.7. The van der Waals surface area contributed by atoms with Gasteiger partial charge in [-0.05, 0) is 23.3 Å². The Kier molecular flexibility index (Phi) is 6.22. The van der Waals surface area contributed by atoms with Gasteiger partial charge in [0.05, 0.1) is 31.6 Å². The first kappa shape index (κ1) is 21.1. The summed E-state index contributed by atoms with van der Waals surface area (Å²) in [5, 5.41) is 24.4. The van der Waals surface area contributed by atoms with Crippen LogP contribution in [0.1, 0.15) is 23.6 Å². The van der Waals surface area contributed by atoms with Gasteiger partial charge in [-0.25, -0.2) is 0 Å². The predicted octanol–water partition coefficient (Wildman–Crippen LogP) is -0.252. The summed E-state index contributed by atoms with van der Waals surface area (Å²) >= 11 is 0. The first-order valence-electron chi connectivity index (χ1n) is 9.51. The van der Waals surface area contributed by atoms with Gasteiger partial charge in [0.2, 0.25) is 5.78 Å². The molecule has 1 saturated heterocycles. The van der Waals surface area contributed by atoms with Gasteiger partial charge < -0.3 is 14.9 Å². The lowest BCUT2D eigenvalue weighted by molar-refractivity contribution is -0.858. The molecule has 9 nitrogen and oxygen atoms in total.